The fourth-order valence-electron chi connectivity index (χ4n) is 2.49. The van der Waals surface area contributed by atoms with Gasteiger partial charge in [0.2, 0.25) is 11.7 Å². The lowest BCUT2D eigenvalue weighted by molar-refractivity contribution is 0.0555. The summed E-state index contributed by atoms with van der Waals surface area (Å²) >= 11 is 0. The summed E-state index contributed by atoms with van der Waals surface area (Å²) in [6, 6.07) is 0. The van der Waals surface area contributed by atoms with Crippen molar-refractivity contribution in [3.05, 3.63) is 11.7 Å². The van der Waals surface area contributed by atoms with Gasteiger partial charge in [0.1, 0.15) is 6.10 Å². The van der Waals surface area contributed by atoms with E-state index in [4.69, 9.17) is 9.26 Å². The predicted molar refractivity (Wildman–Crippen MR) is 68.1 cm³/mol. The maximum atomic E-state index is 5.44. The van der Waals surface area contributed by atoms with Crippen molar-refractivity contribution in [2.45, 2.75) is 51.7 Å². The fourth-order valence-corrected chi connectivity index (χ4v) is 2.49. The van der Waals surface area contributed by atoms with Gasteiger partial charge in [-0.05, 0) is 38.6 Å². The first kappa shape index (κ1) is 13.5. The maximum Gasteiger partial charge on any atom is 0.246 e. The van der Waals surface area contributed by atoms with Crippen molar-refractivity contribution in [2.24, 2.45) is 5.92 Å². The molecule has 2 unspecified atom stereocenters. The molecule has 1 aromatic rings. The van der Waals surface area contributed by atoms with Crippen LogP contribution in [0.4, 0.5) is 0 Å². The number of nitrogens with zero attached hydrogens (tertiary/aromatic N) is 2. The molecule has 1 saturated heterocycles. The van der Waals surface area contributed by atoms with Gasteiger partial charge in [-0.1, -0.05) is 19.0 Å². The van der Waals surface area contributed by atoms with Crippen LogP contribution in [0.15, 0.2) is 4.52 Å². The Morgan fingerprint density at radius 1 is 1.39 bits per heavy atom. The molecule has 5 heteroatoms. The van der Waals surface area contributed by atoms with Crippen molar-refractivity contribution >= 4 is 0 Å². The summed E-state index contributed by atoms with van der Waals surface area (Å²) in [5.74, 6) is 1.66. The Hall–Kier alpha value is -0.940. The summed E-state index contributed by atoms with van der Waals surface area (Å²) in [6.07, 6.45) is 3.34. The fraction of sp³-hybridized carbons (Fsp3) is 0.846. The Bertz CT molecular complexity index is 383. The van der Waals surface area contributed by atoms with Crippen molar-refractivity contribution < 1.29 is 9.26 Å². The van der Waals surface area contributed by atoms with Crippen LogP contribution in [-0.2, 0) is 10.3 Å². The predicted octanol–water partition coefficient (Wildman–Crippen LogP) is 2.40. The van der Waals surface area contributed by atoms with Crippen LogP contribution in [0.1, 0.15) is 57.9 Å². The third-order valence-corrected chi connectivity index (χ3v) is 3.65. The number of piperidine rings is 1. The van der Waals surface area contributed by atoms with Gasteiger partial charge in [-0.25, -0.2) is 0 Å². The molecule has 1 aliphatic heterocycles. The minimum atomic E-state index is -0.182. The van der Waals surface area contributed by atoms with Gasteiger partial charge in [-0.2, -0.15) is 4.98 Å². The number of hydrogen-bond donors (Lipinski definition) is 1. The number of nitrogens with one attached hydrogen (secondary N) is 1. The van der Waals surface area contributed by atoms with Crippen LogP contribution in [0.3, 0.4) is 0 Å². The van der Waals surface area contributed by atoms with Crippen molar-refractivity contribution in [2.75, 3.05) is 13.7 Å². The van der Waals surface area contributed by atoms with E-state index in [0.29, 0.717) is 17.6 Å². The summed E-state index contributed by atoms with van der Waals surface area (Å²) < 4.78 is 10.9. The normalized spacial score (nSPS) is 26.5. The molecule has 1 aliphatic rings. The highest BCUT2D eigenvalue weighted by atomic mass is 16.5. The molecule has 102 valence electrons. The lowest BCUT2D eigenvalue weighted by atomic mass is 9.91. The van der Waals surface area contributed by atoms with E-state index >= 15 is 0 Å². The maximum absolute atomic E-state index is 5.44. The summed E-state index contributed by atoms with van der Waals surface area (Å²) in [5, 5.41) is 7.55. The van der Waals surface area contributed by atoms with E-state index in [9.17, 15) is 0 Å². The molecule has 2 rings (SSSR count). The van der Waals surface area contributed by atoms with Crippen LogP contribution in [0, 0.1) is 5.92 Å². The van der Waals surface area contributed by atoms with Crippen molar-refractivity contribution in [3.63, 3.8) is 0 Å². The largest absolute Gasteiger partial charge is 0.373 e. The molecular formula is C13H23N3O2. The average molecular weight is 253 g/mol. The van der Waals surface area contributed by atoms with Crippen LogP contribution >= 0.6 is 0 Å². The molecule has 2 heterocycles. The second-order valence-electron chi connectivity index (χ2n) is 5.57. The number of ether oxygens (including phenoxy) is 1. The molecular weight excluding hydrogens is 230 g/mol. The van der Waals surface area contributed by atoms with Gasteiger partial charge in [0.25, 0.3) is 0 Å². The Morgan fingerprint density at radius 3 is 2.72 bits per heavy atom. The first-order valence-electron chi connectivity index (χ1n) is 6.69. The molecule has 1 N–H and O–H groups in total. The number of methoxy groups -OCH3 is 1. The van der Waals surface area contributed by atoms with E-state index in [2.05, 4.69) is 36.2 Å². The van der Waals surface area contributed by atoms with Gasteiger partial charge < -0.3 is 14.6 Å². The molecule has 18 heavy (non-hydrogen) atoms. The smallest absolute Gasteiger partial charge is 0.246 e. The molecule has 2 atom stereocenters. The van der Waals surface area contributed by atoms with Gasteiger partial charge in [-0.15, -0.1) is 0 Å². The minimum absolute atomic E-state index is 0.102. The molecule has 0 aromatic carbocycles. The molecule has 1 fully saturated rings. The van der Waals surface area contributed by atoms with Crippen LogP contribution in [0.25, 0.3) is 0 Å². The molecule has 0 amide bonds. The summed E-state index contributed by atoms with van der Waals surface area (Å²) in [4.78, 5) is 4.53. The first-order valence-corrected chi connectivity index (χ1v) is 6.69. The number of hydrogen-bond acceptors (Lipinski definition) is 5. The summed E-state index contributed by atoms with van der Waals surface area (Å²) in [5.41, 5.74) is -0.182. The number of aromatic nitrogens is 2. The van der Waals surface area contributed by atoms with Gasteiger partial charge in [0.05, 0.1) is 5.54 Å². The zero-order chi connectivity index (χ0) is 13.2. The highest BCUT2D eigenvalue weighted by Gasteiger charge is 2.35. The lowest BCUT2D eigenvalue weighted by Gasteiger charge is -2.31. The molecule has 0 bridgehead atoms. The van der Waals surface area contributed by atoms with Crippen molar-refractivity contribution in [3.8, 4) is 0 Å². The topological polar surface area (TPSA) is 60.2 Å². The standard InChI is InChI=1S/C13H23N3O2/c1-9(2)10(17-4)11-15-12(18-16-11)13(3)7-5-6-8-14-13/h9-10,14H,5-8H2,1-4H3. The molecule has 1 aromatic heterocycles. The van der Waals surface area contributed by atoms with Crippen LogP contribution < -0.4 is 5.32 Å². The van der Waals surface area contributed by atoms with Crippen LogP contribution in [0.5, 0.6) is 0 Å². The highest BCUT2D eigenvalue weighted by molar-refractivity contribution is 5.04. The molecule has 0 radical (unpaired) electrons. The van der Waals surface area contributed by atoms with Gasteiger partial charge >= 0.3 is 0 Å². The van der Waals surface area contributed by atoms with E-state index in [1.54, 1.807) is 7.11 Å². The van der Waals surface area contributed by atoms with Crippen molar-refractivity contribution in [1.82, 2.24) is 15.5 Å². The van der Waals surface area contributed by atoms with E-state index in [1.165, 1.54) is 12.8 Å². The Labute approximate surface area is 108 Å². The quantitative estimate of drug-likeness (QED) is 0.892. The van der Waals surface area contributed by atoms with E-state index in [-0.39, 0.29) is 11.6 Å². The number of rotatable bonds is 4. The zero-order valence-corrected chi connectivity index (χ0v) is 11.7. The first-order chi connectivity index (χ1) is 8.57. The zero-order valence-electron chi connectivity index (χ0n) is 11.7. The third-order valence-electron chi connectivity index (χ3n) is 3.65. The molecule has 0 spiro atoms. The summed E-state index contributed by atoms with van der Waals surface area (Å²) in [6.45, 7) is 7.31. The Kier molecular flexibility index (Phi) is 4.02. The molecule has 5 nitrogen and oxygen atoms in total. The average Bonchev–Trinajstić information content (AvgIpc) is 2.80. The minimum Gasteiger partial charge on any atom is -0.373 e. The van der Waals surface area contributed by atoms with Gasteiger partial charge in [0.15, 0.2) is 0 Å². The van der Waals surface area contributed by atoms with E-state index in [1.807, 2.05) is 0 Å². The third kappa shape index (κ3) is 2.57. The van der Waals surface area contributed by atoms with Crippen LogP contribution in [0.2, 0.25) is 0 Å². The second-order valence-corrected chi connectivity index (χ2v) is 5.57. The Balaban J connectivity index is 2.19. The molecule has 0 saturated carbocycles. The monoisotopic (exact) mass is 253 g/mol. The van der Waals surface area contributed by atoms with Gasteiger partial charge in [-0.3, -0.25) is 0 Å². The van der Waals surface area contributed by atoms with Crippen LogP contribution in [-0.4, -0.2) is 23.8 Å². The SMILES string of the molecule is COC(c1noc(C2(C)CCCCN2)n1)C(C)C. The highest BCUT2D eigenvalue weighted by Crippen LogP contribution is 2.30. The van der Waals surface area contributed by atoms with Crippen molar-refractivity contribution in [1.29, 1.82) is 0 Å². The lowest BCUT2D eigenvalue weighted by Crippen LogP contribution is -2.43. The molecule has 0 aliphatic carbocycles. The summed E-state index contributed by atoms with van der Waals surface area (Å²) in [7, 11) is 1.68. The van der Waals surface area contributed by atoms with E-state index < -0.39 is 0 Å². The second kappa shape index (κ2) is 5.36. The van der Waals surface area contributed by atoms with Gasteiger partial charge in [0, 0.05) is 7.11 Å². The Morgan fingerprint density at radius 2 is 2.17 bits per heavy atom. The van der Waals surface area contributed by atoms with E-state index in [0.717, 1.165) is 13.0 Å².